The van der Waals surface area contributed by atoms with Gasteiger partial charge in [0.2, 0.25) is 0 Å². The van der Waals surface area contributed by atoms with Gasteiger partial charge < -0.3 is 4.74 Å². The summed E-state index contributed by atoms with van der Waals surface area (Å²) >= 11 is 10.2. The lowest BCUT2D eigenvalue weighted by Gasteiger charge is -2.16. The van der Waals surface area contributed by atoms with Crippen LogP contribution in [0.25, 0.3) is 6.08 Å². The van der Waals surface area contributed by atoms with Gasteiger partial charge >= 0.3 is 0 Å². The lowest BCUT2D eigenvalue weighted by molar-refractivity contribution is -0.113. The van der Waals surface area contributed by atoms with Gasteiger partial charge in [-0.25, -0.2) is 0 Å². The summed E-state index contributed by atoms with van der Waals surface area (Å²) in [5.41, 5.74) is 2.66. The van der Waals surface area contributed by atoms with Gasteiger partial charge in [0.1, 0.15) is 5.75 Å². The molecule has 3 nitrogen and oxygen atoms in total. The minimum Gasteiger partial charge on any atom is -0.496 e. The second kappa shape index (κ2) is 7.09. The van der Waals surface area contributed by atoms with E-state index < -0.39 is 0 Å². The van der Waals surface area contributed by atoms with E-state index >= 15 is 0 Å². The van der Waals surface area contributed by atoms with Crippen LogP contribution in [0.1, 0.15) is 11.1 Å². The number of para-hydroxylation sites is 1. The number of hydrogen-bond acceptors (Lipinski definition) is 4. The van der Waals surface area contributed by atoms with Crippen LogP contribution in [0.5, 0.6) is 5.75 Å². The van der Waals surface area contributed by atoms with E-state index in [0.29, 0.717) is 15.0 Å². The quantitative estimate of drug-likeness (QED) is 0.506. The summed E-state index contributed by atoms with van der Waals surface area (Å²) in [4.78, 5) is 15.0. The number of anilines is 1. The number of nitrogens with zero attached hydrogens (tertiary/aromatic N) is 1. The van der Waals surface area contributed by atoms with Gasteiger partial charge in [0.25, 0.3) is 5.91 Å². The van der Waals surface area contributed by atoms with Gasteiger partial charge in [0.05, 0.1) is 17.7 Å². The molecule has 0 saturated carbocycles. The van der Waals surface area contributed by atoms with Gasteiger partial charge in [-0.2, -0.15) is 0 Å². The van der Waals surface area contributed by atoms with Crippen molar-refractivity contribution in [3.8, 4) is 5.75 Å². The lowest BCUT2D eigenvalue weighted by atomic mass is 10.1. The molecule has 0 N–H and O–H groups in total. The van der Waals surface area contributed by atoms with Crippen LogP contribution in [0.15, 0.2) is 51.8 Å². The molecular weight excluding hydrogens is 406 g/mol. The average molecular weight is 420 g/mol. The van der Waals surface area contributed by atoms with Crippen LogP contribution in [-0.4, -0.2) is 17.3 Å². The monoisotopic (exact) mass is 419 g/mol. The molecule has 0 aliphatic carbocycles. The van der Waals surface area contributed by atoms with E-state index in [1.165, 1.54) is 11.8 Å². The highest BCUT2D eigenvalue weighted by Gasteiger charge is 2.34. The molecule has 122 valence electrons. The largest absolute Gasteiger partial charge is 0.496 e. The zero-order valence-corrected chi connectivity index (χ0v) is 16.3. The summed E-state index contributed by atoms with van der Waals surface area (Å²) in [5, 5.41) is 0. The Morgan fingerprint density at radius 2 is 2.00 bits per heavy atom. The smallest absolute Gasteiger partial charge is 0.270 e. The summed E-state index contributed by atoms with van der Waals surface area (Å²) in [6.45, 7) is 1.97. The molecular formula is C18H14BrNO2S2. The molecule has 1 saturated heterocycles. The van der Waals surface area contributed by atoms with E-state index in [1.807, 2.05) is 55.5 Å². The molecule has 0 spiro atoms. The second-order valence-electron chi connectivity index (χ2n) is 5.19. The Kier molecular flexibility index (Phi) is 5.08. The maximum atomic E-state index is 12.9. The highest BCUT2D eigenvalue weighted by molar-refractivity contribution is 9.10. The number of thiocarbonyl (C=S) groups is 1. The Balaban J connectivity index is 2.01. The van der Waals surface area contributed by atoms with E-state index in [0.717, 1.165) is 21.3 Å². The number of ether oxygens (including phenoxy) is 1. The van der Waals surface area contributed by atoms with Crippen molar-refractivity contribution in [2.24, 2.45) is 0 Å². The van der Waals surface area contributed by atoms with Crippen molar-refractivity contribution < 1.29 is 9.53 Å². The van der Waals surface area contributed by atoms with Crippen molar-refractivity contribution in [1.82, 2.24) is 0 Å². The first kappa shape index (κ1) is 17.2. The van der Waals surface area contributed by atoms with Gasteiger partial charge in [0, 0.05) is 10.0 Å². The molecule has 0 atom stereocenters. The molecule has 0 bridgehead atoms. The number of amides is 1. The van der Waals surface area contributed by atoms with Crippen molar-refractivity contribution in [2.75, 3.05) is 12.0 Å². The first-order valence-electron chi connectivity index (χ1n) is 7.18. The Bertz CT molecular complexity index is 864. The van der Waals surface area contributed by atoms with Gasteiger partial charge in [-0.1, -0.05) is 58.1 Å². The number of hydrogen-bond donors (Lipinski definition) is 0. The average Bonchev–Trinajstić information content (AvgIpc) is 2.82. The SMILES string of the molecule is COc1ccc(Br)cc1C=C1SC(=S)N(c2ccccc2C)C1=O. The molecule has 0 unspecified atom stereocenters. The number of methoxy groups -OCH3 is 1. The summed E-state index contributed by atoms with van der Waals surface area (Å²) in [6, 6.07) is 13.4. The third-order valence-electron chi connectivity index (χ3n) is 3.63. The number of thioether (sulfide) groups is 1. The van der Waals surface area contributed by atoms with Gasteiger partial charge in [0.15, 0.2) is 4.32 Å². The van der Waals surface area contributed by atoms with E-state index in [1.54, 1.807) is 12.0 Å². The molecule has 0 aromatic heterocycles. The van der Waals surface area contributed by atoms with E-state index in [4.69, 9.17) is 17.0 Å². The van der Waals surface area contributed by atoms with Gasteiger partial charge in [-0.15, -0.1) is 0 Å². The van der Waals surface area contributed by atoms with Crippen molar-refractivity contribution >= 4 is 61.9 Å². The molecule has 6 heteroatoms. The maximum absolute atomic E-state index is 12.9. The molecule has 0 radical (unpaired) electrons. The summed E-state index contributed by atoms with van der Waals surface area (Å²) in [7, 11) is 1.61. The predicted molar refractivity (Wildman–Crippen MR) is 108 cm³/mol. The molecule has 1 aliphatic rings. The second-order valence-corrected chi connectivity index (χ2v) is 7.78. The minimum atomic E-state index is -0.110. The summed E-state index contributed by atoms with van der Waals surface area (Å²) in [5.74, 6) is 0.598. The highest BCUT2D eigenvalue weighted by atomic mass is 79.9. The standard InChI is InChI=1S/C18H14BrNO2S2/c1-11-5-3-4-6-14(11)20-17(21)16(24-18(20)23)10-12-9-13(19)7-8-15(12)22-2/h3-10H,1-2H3. The fraction of sp³-hybridized carbons (Fsp3) is 0.111. The predicted octanol–water partition coefficient (Wildman–Crippen LogP) is 5.17. The van der Waals surface area contributed by atoms with Gasteiger partial charge in [-0.3, -0.25) is 9.69 Å². The van der Waals surface area contributed by atoms with Crippen molar-refractivity contribution in [2.45, 2.75) is 6.92 Å². The van der Waals surface area contributed by atoms with Crippen LogP contribution in [0, 0.1) is 6.92 Å². The Morgan fingerprint density at radius 1 is 1.25 bits per heavy atom. The van der Waals surface area contributed by atoms with Crippen molar-refractivity contribution in [3.63, 3.8) is 0 Å². The summed E-state index contributed by atoms with van der Waals surface area (Å²) < 4.78 is 6.83. The molecule has 1 fully saturated rings. The maximum Gasteiger partial charge on any atom is 0.270 e. The highest BCUT2D eigenvalue weighted by Crippen LogP contribution is 2.38. The van der Waals surface area contributed by atoms with E-state index in [2.05, 4.69) is 15.9 Å². The number of carbonyl (C=O) groups excluding carboxylic acids is 1. The van der Waals surface area contributed by atoms with Gasteiger partial charge in [-0.05, 0) is 42.8 Å². The fourth-order valence-electron chi connectivity index (χ4n) is 2.45. The van der Waals surface area contributed by atoms with E-state index in [-0.39, 0.29) is 5.91 Å². The first-order chi connectivity index (χ1) is 11.5. The van der Waals surface area contributed by atoms with Crippen LogP contribution in [-0.2, 0) is 4.79 Å². The van der Waals surface area contributed by atoms with Crippen LogP contribution >= 0.6 is 39.9 Å². The summed E-state index contributed by atoms with van der Waals surface area (Å²) in [6.07, 6.45) is 1.82. The number of rotatable bonds is 3. The number of halogens is 1. The Morgan fingerprint density at radius 3 is 2.71 bits per heavy atom. The van der Waals surface area contributed by atoms with Crippen molar-refractivity contribution in [1.29, 1.82) is 0 Å². The zero-order valence-electron chi connectivity index (χ0n) is 13.1. The molecule has 3 rings (SSSR count). The minimum absolute atomic E-state index is 0.110. The third-order valence-corrected chi connectivity index (χ3v) is 5.42. The molecule has 1 amide bonds. The molecule has 1 heterocycles. The van der Waals surface area contributed by atoms with Crippen LogP contribution in [0.3, 0.4) is 0 Å². The van der Waals surface area contributed by atoms with E-state index in [9.17, 15) is 4.79 Å². The number of benzene rings is 2. The number of aryl methyl sites for hydroxylation is 1. The van der Waals surface area contributed by atoms with Crippen molar-refractivity contribution in [3.05, 3.63) is 63.0 Å². The number of carbonyl (C=O) groups is 1. The molecule has 2 aromatic carbocycles. The lowest BCUT2D eigenvalue weighted by Crippen LogP contribution is -2.28. The molecule has 24 heavy (non-hydrogen) atoms. The molecule has 2 aromatic rings. The van der Waals surface area contributed by atoms with Crippen LogP contribution in [0.4, 0.5) is 5.69 Å². The van der Waals surface area contributed by atoms with Crippen LogP contribution in [0.2, 0.25) is 0 Å². The normalized spacial score (nSPS) is 16.1. The van der Waals surface area contributed by atoms with Crippen LogP contribution < -0.4 is 9.64 Å². The zero-order chi connectivity index (χ0) is 17.3. The molecule has 1 aliphatic heterocycles. The fourth-order valence-corrected chi connectivity index (χ4v) is 4.10. The Hall–Kier alpha value is -1.63. The third kappa shape index (κ3) is 3.27. The Labute approximate surface area is 158 Å². The topological polar surface area (TPSA) is 29.5 Å². The first-order valence-corrected chi connectivity index (χ1v) is 9.20.